The summed E-state index contributed by atoms with van der Waals surface area (Å²) in [6.45, 7) is 0. The van der Waals surface area contributed by atoms with Gasteiger partial charge >= 0.3 is 0 Å². The Morgan fingerprint density at radius 1 is 1.11 bits per heavy atom. The molecule has 1 saturated carbocycles. The smallest absolute Gasteiger partial charge is 0.0883 e. The zero-order valence-electron chi connectivity index (χ0n) is 11.7. The molecule has 1 aromatic carbocycles. The molecule has 0 spiro atoms. The molecule has 0 unspecified atom stereocenters. The van der Waals surface area contributed by atoms with Gasteiger partial charge in [-0.25, -0.2) is 0 Å². The topological polar surface area (TPSA) is 24.1 Å². The number of rotatable bonds is 4. The Kier molecular flexibility index (Phi) is 5.34. The first-order valence-corrected chi connectivity index (χ1v) is 7.69. The Bertz CT molecular complexity index is 394. The molecule has 2 nitrogen and oxygen atoms in total. The van der Waals surface area contributed by atoms with Crippen LogP contribution in [-0.4, -0.2) is 17.7 Å². The largest absolute Gasteiger partial charge is 0.362 e. The van der Waals surface area contributed by atoms with E-state index in [0.29, 0.717) is 0 Å². The monoisotopic (exact) mass is 276 g/mol. The maximum absolute atomic E-state index is 5.55. The summed E-state index contributed by atoms with van der Waals surface area (Å²) in [6, 6.07) is 10.4. The molecule has 0 atom stereocenters. The normalized spacial score (nSPS) is 18.6. The summed E-state index contributed by atoms with van der Waals surface area (Å²) in [5, 5.41) is 7.07. The highest BCUT2D eigenvalue weighted by Gasteiger charge is 2.29. The van der Waals surface area contributed by atoms with Gasteiger partial charge in [-0.2, -0.15) is 0 Å². The van der Waals surface area contributed by atoms with Crippen LogP contribution in [0.2, 0.25) is 0 Å². The molecule has 3 heteroatoms. The van der Waals surface area contributed by atoms with Crippen LogP contribution in [0.25, 0.3) is 0 Å². The van der Waals surface area contributed by atoms with Crippen LogP contribution in [0, 0.1) is 0 Å². The lowest BCUT2D eigenvalue weighted by atomic mass is 10.00. The molecule has 1 aliphatic rings. The van der Waals surface area contributed by atoms with E-state index >= 15 is 0 Å². The molecule has 0 bridgehead atoms. The van der Waals surface area contributed by atoms with E-state index in [1.807, 2.05) is 13.1 Å². The van der Waals surface area contributed by atoms with Gasteiger partial charge in [-0.1, -0.05) is 55.4 Å². The molecule has 2 rings (SSSR count). The molecule has 0 amide bonds. The van der Waals surface area contributed by atoms with E-state index < -0.39 is 0 Å². The van der Waals surface area contributed by atoms with Crippen molar-refractivity contribution in [1.29, 1.82) is 0 Å². The van der Waals surface area contributed by atoms with Crippen molar-refractivity contribution < 1.29 is 0 Å². The summed E-state index contributed by atoms with van der Waals surface area (Å²) in [6.07, 6.45) is 8.41. The second kappa shape index (κ2) is 7.01. The predicted octanol–water partition coefficient (Wildman–Crippen LogP) is 3.42. The SMILES string of the molecule is CNC1(NC(=S)Cc2ccccc2)CCCCCC1. The van der Waals surface area contributed by atoms with Crippen molar-refractivity contribution in [2.45, 2.75) is 50.6 Å². The quantitative estimate of drug-likeness (QED) is 0.500. The van der Waals surface area contributed by atoms with Crippen molar-refractivity contribution in [2.24, 2.45) is 0 Å². The van der Waals surface area contributed by atoms with Gasteiger partial charge in [0.2, 0.25) is 0 Å². The fourth-order valence-electron chi connectivity index (χ4n) is 2.86. The summed E-state index contributed by atoms with van der Waals surface area (Å²) in [5.41, 5.74) is 1.29. The third kappa shape index (κ3) is 4.29. The van der Waals surface area contributed by atoms with E-state index in [2.05, 4.69) is 34.9 Å². The van der Waals surface area contributed by atoms with Gasteiger partial charge in [-0.05, 0) is 38.3 Å². The van der Waals surface area contributed by atoms with Gasteiger partial charge in [0.1, 0.15) is 0 Å². The van der Waals surface area contributed by atoms with Crippen molar-refractivity contribution in [3.63, 3.8) is 0 Å². The molecule has 0 radical (unpaired) electrons. The maximum Gasteiger partial charge on any atom is 0.0883 e. The van der Waals surface area contributed by atoms with E-state index in [9.17, 15) is 0 Å². The lowest BCUT2D eigenvalue weighted by molar-refractivity contribution is 0.280. The van der Waals surface area contributed by atoms with E-state index in [1.165, 1.54) is 44.1 Å². The minimum atomic E-state index is 0.0162. The second-order valence-electron chi connectivity index (χ2n) is 5.46. The van der Waals surface area contributed by atoms with Crippen LogP contribution in [-0.2, 0) is 6.42 Å². The van der Waals surface area contributed by atoms with Crippen LogP contribution in [0.15, 0.2) is 30.3 Å². The standard InChI is InChI=1S/C16H24N2S/c1-17-16(11-7-2-3-8-12-16)18-15(19)13-14-9-5-4-6-10-14/h4-6,9-10,17H,2-3,7-8,11-13H2,1H3,(H,18,19). The molecule has 0 aliphatic heterocycles. The van der Waals surface area contributed by atoms with Gasteiger partial charge in [0.05, 0.1) is 10.7 Å². The zero-order chi connectivity index (χ0) is 13.6. The fourth-order valence-corrected chi connectivity index (χ4v) is 3.22. The second-order valence-corrected chi connectivity index (χ2v) is 5.95. The van der Waals surface area contributed by atoms with Crippen LogP contribution < -0.4 is 10.6 Å². The maximum atomic E-state index is 5.55. The van der Waals surface area contributed by atoms with Crippen LogP contribution in [0.1, 0.15) is 44.1 Å². The lowest BCUT2D eigenvalue weighted by Gasteiger charge is -2.35. The van der Waals surface area contributed by atoms with Crippen molar-refractivity contribution >= 4 is 17.2 Å². The number of hydrogen-bond donors (Lipinski definition) is 2. The first-order chi connectivity index (χ1) is 9.24. The third-order valence-corrected chi connectivity index (χ3v) is 4.27. The minimum absolute atomic E-state index is 0.0162. The Labute approximate surface area is 122 Å². The first-order valence-electron chi connectivity index (χ1n) is 7.28. The molecule has 2 N–H and O–H groups in total. The third-order valence-electron chi connectivity index (χ3n) is 4.02. The average molecular weight is 276 g/mol. The summed E-state index contributed by atoms with van der Waals surface area (Å²) in [7, 11) is 2.05. The number of thiocarbonyl (C=S) groups is 1. The first kappa shape index (κ1) is 14.5. The predicted molar refractivity (Wildman–Crippen MR) is 85.4 cm³/mol. The lowest BCUT2D eigenvalue weighted by Crippen LogP contribution is -2.57. The van der Waals surface area contributed by atoms with Crippen LogP contribution in [0.3, 0.4) is 0 Å². The number of nitrogens with one attached hydrogen (secondary N) is 2. The van der Waals surface area contributed by atoms with Crippen molar-refractivity contribution in [3.05, 3.63) is 35.9 Å². The summed E-state index contributed by atoms with van der Waals surface area (Å²) in [4.78, 5) is 0.947. The van der Waals surface area contributed by atoms with Gasteiger partial charge in [-0.15, -0.1) is 0 Å². The highest BCUT2D eigenvalue weighted by Crippen LogP contribution is 2.24. The molecule has 0 aromatic heterocycles. The Hall–Kier alpha value is -0.930. The molecule has 1 aliphatic carbocycles. The van der Waals surface area contributed by atoms with Crippen molar-refractivity contribution in [3.8, 4) is 0 Å². The molecular weight excluding hydrogens is 252 g/mol. The van der Waals surface area contributed by atoms with Crippen molar-refractivity contribution in [1.82, 2.24) is 10.6 Å². The average Bonchev–Trinajstić information content (AvgIpc) is 2.66. The summed E-state index contributed by atoms with van der Waals surface area (Å²) < 4.78 is 0. The van der Waals surface area contributed by atoms with Gasteiger partial charge < -0.3 is 5.32 Å². The van der Waals surface area contributed by atoms with Crippen LogP contribution >= 0.6 is 12.2 Å². The van der Waals surface area contributed by atoms with E-state index in [1.54, 1.807) is 0 Å². The Morgan fingerprint density at radius 2 is 1.74 bits per heavy atom. The van der Waals surface area contributed by atoms with Crippen LogP contribution in [0.5, 0.6) is 0 Å². The van der Waals surface area contributed by atoms with E-state index in [-0.39, 0.29) is 5.66 Å². The van der Waals surface area contributed by atoms with Gasteiger partial charge in [0.15, 0.2) is 0 Å². The molecular formula is C16H24N2S. The van der Waals surface area contributed by atoms with Crippen molar-refractivity contribution in [2.75, 3.05) is 7.05 Å². The summed E-state index contributed by atoms with van der Waals surface area (Å²) in [5.74, 6) is 0. The highest BCUT2D eigenvalue weighted by molar-refractivity contribution is 7.80. The van der Waals surface area contributed by atoms with Gasteiger partial charge in [0, 0.05) is 6.42 Å². The molecule has 19 heavy (non-hydrogen) atoms. The molecule has 1 aromatic rings. The Morgan fingerprint density at radius 3 is 2.32 bits per heavy atom. The summed E-state index contributed by atoms with van der Waals surface area (Å²) >= 11 is 5.55. The van der Waals surface area contributed by atoms with Crippen LogP contribution in [0.4, 0.5) is 0 Å². The van der Waals surface area contributed by atoms with Gasteiger partial charge in [-0.3, -0.25) is 5.32 Å². The molecule has 0 heterocycles. The fraction of sp³-hybridized carbons (Fsp3) is 0.562. The van der Waals surface area contributed by atoms with E-state index in [0.717, 1.165) is 11.4 Å². The number of hydrogen-bond acceptors (Lipinski definition) is 2. The zero-order valence-corrected chi connectivity index (χ0v) is 12.6. The molecule has 104 valence electrons. The number of benzene rings is 1. The van der Waals surface area contributed by atoms with Gasteiger partial charge in [0.25, 0.3) is 0 Å². The molecule has 1 fully saturated rings. The Balaban J connectivity index is 1.95. The van der Waals surface area contributed by atoms with E-state index in [4.69, 9.17) is 12.2 Å². The molecule has 0 saturated heterocycles. The highest BCUT2D eigenvalue weighted by atomic mass is 32.1. The minimum Gasteiger partial charge on any atom is -0.362 e.